The van der Waals surface area contributed by atoms with Crippen LogP contribution in [0.15, 0.2) is 0 Å². The largest absolute Gasteiger partial charge is 0.299 e. The summed E-state index contributed by atoms with van der Waals surface area (Å²) in [6.45, 7) is 4.57. The highest BCUT2D eigenvalue weighted by Crippen LogP contribution is 2.64. The van der Waals surface area contributed by atoms with Crippen molar-refractivity contribution in [1.29, 1.82) is 0 Å². The van der Waals surface area contributed by atoms with Crippen LogP contribution in [-0.2, 0) is 4.79 Å². The molecule has 68 valence electrons. The highest BCUT2D eigenvalue weighted by atomic mass is 127. The first-order valence-corrected chi connectivity index (χ1v) is 6.16. The average molecular weight is 278 g/mol. The predicted octanol–water partition coefficient (Wildman–Crippen LogP) is 2.82. The van der Waals surface area contributed by atoms with E-state index < -0.39 is 0 Å². The van der Waals surface area contributed by atoms with E-state index in [2.05, 4.69) is 36.4 Å². The first-order valence-electron chi connectivity index (χ1n) is 4.64. The molecule has 0 heterocycles. The van der Waals surface area contributed by atoms with Gasteiger partial charge in [-0.3, -0.25) is 4.79 Å². The zero-order valence-corrected chi connectivity index (χ0v) is 9.85. The van der Waals surface area contributed by atoms with Gasteiger partial charge in [0.25, 0.3) is 0 Å². The van der Waals surface area contributed by atoms with E-state index in [1.165, 1.54) is 6.42 Å². The average Bonchev–Trinajstić information content (AvgIpc) is 2.36. The van der Waals surface area contributed by atoms with Crippen LogP contribution in [0.1, 0.15) is 33.1 Å². The Bertz CT molecular complexity index is 234. The van der Waals surface area contributed by atoms with Crippen LogP contribution in [0.4, 0.5) is 0 Å². The van der Waals surface area contributed by atoms with Crippen molar-refractivity contribution < 1.29 is 4.79 Å². The molecule has 2 heteroatoms. The summed E-state index contributed by atoms with van der Waals surface area (Å²) >= 11 is 2.39. The van der Waals surface area contributed by atoms with Crippen LogP contribution in [0.2, 0.25) is 0 Å². The first-order chi connectivity index (χ1) is 5.54. The number of alkyl halides is 1. The quantitative estimate of drug-likeness (QED) is 0.532. The summed E-state index contributed by atoms with van der Waals surface area (Å²) in [4.78, 5) is 11.8. The molecule has 0 aromatic heterocycles. The van der Waals surface area contributed by atoms with Crippen molar-refractivity contribution in [2.24, 2.45) is 16.7 Å². The fourth-order valence-electron chi connectivity index (χ4n) is 3.08. The Kier molecular flexibility index (Phi) is 1.84. The fraction of sp³-hybridized carbons (Fsp3) is 0.900. The number of hydrogen-bond acceptors (Lipinski definition) is 1. The molecule has 0 aliphatic heterocycles. The van der Waals surface area contributed by atoms with Gasteiger partial charge in [-0.2, -0.15) is 0 Å². The van der Waals surface area contributed by atoms with Crippen LogP contribution in [-0.4, -0.2) is 10.2 Å². The van der Waals surface area contributed by atoms with Crippen molar-refractivity contribution in [2.45, 2.75) is 33.1 Å². The van der Waals surface area contributed by atoms with Gasteiger partial charge in [-0.15, -0.1) is 0 Å². The van der Waals surface area contributed by atoms with E-state index in [9.17, 15) is 4.79 Å². The molecule has 0 unspecified atom stereocenters. The van der Waals surface area contributed by atoms with Gasteiger partial charge in [0.15, 0.2) is 0 Å². The molecule has 0 saturated heterocycles. The molecule has 2 bridgehead atoms. The Labute approximate surface area is 87.4 Å². The minimum atomic E-state index is 0.0538. The summed E-state index contributed by atoms with van der Waals surface area (Å²) in [6, 6.07) is 0. The Morgan fingerprint density at radius 1 is 1.58 bits per heavy atom. The fourth-order valence-corrected chi connectivity index (χ4v) is 4.87. The lowest BCUT2D eigenvalue weighted by Gasteiger charge is -2.34. The zero-order chi connectivity index (χ0) is 8.98. The number of hydrogen-bond donors (Lipinski definition) is 0. The molecule has 2 fully saturated rings. The molecular weight excluding hydrogens is 263 g/mol. The van der Waals surface area contributed by atoms with E-state index in [-0.39, 0.29) is 10.8 Å². The van der Waals surface area contributed by atoms with E-state index in [1.54, 1.807) is 0 Å². The molecule has 2 atom stereocenters. The van der Waals surface area contributed by atoms with Crippen molar-refractivity contribution in [3.8, 4) is 0 Å². The maximum absolute atomic E-state index is 11.8. The summed E-state index contributed by atoms with van der Waals surface area (Å²) < 4.78 is 1.02. The van der Waals surface area contributed by atoms with Crippen LogP contribution in [0.25, 0.3) is 0 Å². The third kappa shape index (κ3) is 0.777. The van der Waals surface area contributed by atoms with E-state index in [4.69, 9.17) is 0 Å². The van der Waals surface area contributed by atoms with Gasteiger partial charge in [0, 0.05) is 16.3 Å². The summed E-state index contributed by atoms with van der Waals surface area (Å²) in [5.74, 6) is 1.22. The van der Waals surface area contributed by atoms with Crippen LogP contribution >= 0.6 is 22.6 Å². The second-order valence-corrected chi connectivity index (χ2v) is 5.56. The summed E-state index contributed by atoms with van der Waals surface area (Å²) in [6.07, 6.45) is 3.28. The van der Waals surface area contributed by atoms with Crippen LogP contribution in [0.3, 0.4) is 0 Å². The summed E-state index contributed by atoms with van der Waals surface area (Å²) in [5.41, 5.74) is 0.337. The van der Waals surface area contributed by atoms with Gasteiger partial charge in [0.05, 0.1) is 0 Å². The van der Waals surface area contributed by atoms with E-state index in [0.717, 1.165) is 17.3 Å². The molecule has 2 rings (SSSR count). The SMILES string of the molecule is CC1(C)[C@@H]2CC[C@]1(CI)C(=O)C2. The Hall–Kier alpha value is 0.400. The maximum Gasteiger partial charge on any atom is 0.140 e. The second-order valence-electron chi connectivity index (χ2n) is 4.80. The molecule has 2 saturated carbocycles. The number of rotatable bonds is 1. The van der Waals surface area contributed by atoms with Gasteiger partial charge < -0.3 is 0 Å². The highest BCUT2D eigenvalue weighted by molar-refractivity contribution is 14.1. The van der Waals surface area contributed by atoms with Crippen molar-refractivity contribution in [2.75, 3.05) is 4.43 Å². The van der Waals surface area contributed by atoms with Gasteiger partial charge in [0.2, 0.25) is 0 Å². The number of carbonyl (C=O) groups is 1. The molecular formula is C10H15IO. The molecule has 0 N–H and O–H groups in total. The number of Topliss-reactive ketones (excluding diaryl/α,β-unsaturated/α-hetero) is 1. The van der Waals surface area contributed by atoms with Gasteiger partial charge in [0.1, 0.15) is 5.78 Å². The van der Waals surface area contributed by atoms with Gasteiger partial charge in [-0.1, -0.05) is 36.4 Å². The minimum Gasteiger partial charge on any atom is -0.299 e. The third-order valence-corrected chi connectivity index (χ3v) is 5.67. The van der Waals surface area contributed by atoms with Gasteiger partial charge in [-0.05, 0) is 24.2 Å². The van der Waals surface area contributed by atoms with Crippen molar-refractivity contribution >= 4 is 28.4 Å². The molecule has 1 nitrogen and oxygen atoms in total. The molecule has 2 aliphatic carbocycles. The highest BCUT2D eigenvalue weighted by Gasteiger charge is 2.63. The smallest absolute Gasteiger partial charge is 0.140 e. The molecule has 0 amide bonds. The normalized spacial score (nSPS) is 43.9. The number of fused-ring (bicyclic) bond motifs is 2. The predicted molar refractivity (Wildman–Crippen MR) is 57.4 cm³/mol. The molecule has 0 aromatic carbocycles. The van der Waals surface area contributed by atoms with Crippen molar-refractivity contribution in [3.63, 3.8) is 0 Å². The number of carbonyl (C=O) groups excluding carboxylic acids is 1. The second kappa shape index (κ2) is 2.46. The Morgan fingerprint density at radius 3 is 2.50 bits per heavy atom. The number of ketones is 1. The zero-order valence-electron chi connectivity index (χ0n) is 7.69. The van der Waals surface area contributed by atoms with Crippen molar-refractivity contribution in [1.82, 2.24) is 0 Å². The van der Waals surface area contributed by atoms with Crippen molar-refractivity contribution in [3.05, 3.63) is 0 Å². The summed E-state index contributed by atoms with van der Waals surface area (Å²) in [7, 11) is 0. The van der Waals surface area contributed by atoms with E-state index >= 15 is 0 Å². The van der Waals surface area contributed by atoms with Crippen LogP contribution in [0.5, 0.6) is 0 Å². The lowest BCUT2D eigenvalue weighted by Crippen LogP contribution is -2.37. The van der Waals surface area contributed by atoms with E-state index in [0.29, 0.717) is 11.7 Å². The molecule has 2 aliphatic rings. The number of halogens is 1. The molecule has 0 spiro atoms. The Balaban J connectivity index is 2.46. The van der Waals surface area contributed by atoms with Crippen LogP contribution in [0, 0.1) is 16.7 Å². The molecule has 12 heavy (non-hydrogen) atoms. The third-order valence-electron chi connectivity index (χ3n) is 4.37. The topological polar surface area (TPSA) is 17.1 Å². The first kappa shape index (κ1) is 8.97. The molecule has 0 aromatic rings. The van der Waals surface area contributed by atoms with Crippen LogP contribution < -0.4 is 0 Å². The Morgan fingerprint density at radius 2 is 2.25 bits per heavy atom. The lowest BCUT2D eigenvalue weighted by atomic mass is 9.70. The van der Waals surface area contributed by atoms with E-state index in [1.807, 2.05) is 0 Å². The van der Waals surface area contributed by atoms with Gasteiger partial charge >= 0.3 is 0 Å². The lowest BCUT2D eigenvalue weighted by molar-refractivity contribution is -0.127. The minimum absolute atomic E-state index is 0.0538. The monoisotopic (exact) mass is 278 g/mol. The standard InChI is InChI=1S/C10H15IO/c1-9(2)7-3-4-10(9,6-11)8(12)5-7/h7H,3-6H2,1-2H3/t7-,10+/m1/s1. The summed E-state index contributed by atoms with van der Waals surface area (Å²) in [5, 5.41) is 0. The molecule has 0 radical (unpaired) electrons. The van der Waals surface area contributed by atoms with Gasteiger partial charge in [-0.25, -0.2) is 0 Å². The maximum atomic E-state index is 11.8.